The third kappa shape index (κ3) is 2.19. The summed E-state index contributed by atoms with van der Waals surface area (Å²) in [6, 6.07) is 7.64. The van der Waals surface area contributed by atoms with Gasteiger partial charge in [-0.2, -0.15) is 8.42 Å². The number of hydrogen-bond donors (Lipinski definition) is 0. The van der Waals surface area contributed by atoms with Crippen molar-refractivity contribution in [1.82, 2.24) is 0 Å². The van der Waals surface area contributed by atoms with Crippen LogP contribution in [0.25, 0.3) is 0 Å². The number of rotatable bonds is 2. The number of anilines is 1. The second-order valence-electron chi connectivity index (χ2n) is 3.65. The smallest absolute Gasteiger partial charge is 0.215 e. The van der Waals surface area contributed by atoms with Gasteiger partial charge in [0, 0.05) is 24.7 Å². The third-order valence-electron chi connectivity index (χ3n) is 2.68. The molecule has 5 heteroatoms. The van der Waals surface area contributed by atoms with Crippen LogP contribution in [0.3, 0.4) is 0 Å². The molecule has 1 aromatic rings. The average molecular weight is 239 g/mol. The standard InChI is InChI=1S/C11H13NO3S/c1-15-10-4-2-3-9(7-10)12-6-5-11(8-12)16(13)14/h2-4,7H,5-6,8H2,1H3. The van der Waals surface area contributed by atoms with Crippen LogP contribution >= 0.6 is 0 Å². The molecule has 0 saturated carbocycles. The van der Waals surface area contributed by atoms with Gasteiger partial charge < -0.3 is 9.64 Å². The van der Waals surface area contributed by atoms with Crippen LogP contribution in [0.1, 0.15) is 6.42 Å². The normalized spacial score (nSPS) is 15.3. The molecule has 1 saturated heterocycles. The molecule has 0 atom stereocenters. The van der Waals surface area contributed by atoms with Crippen LogP contribution in [0.2, 0.25) is 0 Å². The zero-order valence-electron chi connectivity index (χ0n) is 9.01. The third-order valence-corrected chi connectivity index (χ3v) is 3.49. The van der Waals surface area contributed by atoms with Crippen LogP contribution in [-0.4, -0.2) is 33.5 Å². The first kappa shape index (κ1) is 11.0. The lowest BCUT2D eigenvalue weighted by molar-refractivity contribution is 0.415. The van der Waals surface area contributed by atoms with Crippen molar-refractivity contribution in [1.29, 1.82) is 0 Å². The Morgan fingerprint density at radius 1 is 1.38 bits per heavy atom. The van der Waals surface area contributed by atoms with Crippen LogP contribution in [0.5, 0.6) is 5.75 Å². The average Bonchev–Trinajstić information content (AvgIpc) is 2.78. The van der Waals surface area contributed by atoms with E-state index in [9.17, 15) is 8.42 Å². The first-order chi connectivity index (χ1) is 7.70. The number of ether oxygens (including phenoxy) is 1. The summed E-state index contributed by atoms with van der Waals surface area (Å²) < 4.78 is 26.8. The fourth-order valence-corrected chi connectivity index (χ4v) is 2.31. The predicted molar refractivity (Wildman–Crippen MR) is 63.8 cm³/mol. The molecule has 16 heavy (non-hydrogen) atoms. The molecular formula is C11H13NO3S. The highest BCUT2D eigenvalue weighted by Gasteiger charge is 2.19. The number of nitrogens with zero attached hydrogens (tertiary/aromatic N) is 1. The number of methoxy groups -OCH3 is 1. The van der Waals surface area contributed by atoms with E-state index in [1.165, 1.54) is 0 Å². The maximum absolute atomic E-state index is 10.8. The van der Waals surface area contributed by atoms with Gasteiger partial charge in [0.25, 0.3) is 0 Å². The van der Waals surface area contributed by atoms with Crippen LogP contribution in [0, 0.1) is 0 Å². The van der Waals surface area contributed by atoms with Gasteiger partial charge in [0.05, 0.1) is 18.5 Å². The molecule has 1 aliphatic heterocycles. The predicted octanol–water partition coefficient (Wildman–Crippen LogP) is 0.957. The molecule has 0 aromatic heterocycles. The topological polar surface area (TPSA) is 46.6 Å². The molecule has 0 unspecified atom stereocenters. The molecule has 1 aliphatic rings. The summed E-state index contributed by atoms with van der Waals surface area (Å²) in [6.07, 6.45) is 0.618. The second kappa shape index (κ2) is 4.57. The highest BCUT2D eigenvalue weighted by atomic mass is 32.2. The zero-order chi connectivity index (χ0) is 11.5. The lowest BCUT2D eigenvalue weighted by Gasteiger charge is -2.17. The summed E-state index contributed by atoms with van der Waals surface area (Å²) in [5.41, 5.74) is 1.000. The first-order valence-corrected chi connectivity index (χ1v) is 6.11. The zero-order valence-corrected chi connectivity index (χ0v) is 9.83. The Morgan fingerprint density at radius 2 is 2.19 bits per heavy atom. The van der Waals surface area contributed by atoms with Crippen molar-refractivity contribution in [2.24, 2.45) is 0 Å². The van der Waals surface area contributed by atoms with Crippen molar-refractivity contribution in [3.05, 3.63) is 24.3 Å². The van der Waals surface area contributed by atoms with E-state index in [4.69, 9.17) is 4.74 Å². The molecule has 0 aliphatic carbocycles. The van der Waals surface area contributed by atoms with Gasteiger partial charge >= 0.3 is 0 Å². The molecule has 4 nitrogen and oxygen atoms in total. The van der Waals surface area contributed by atoms with Crippen LogP contribution in [0.15, 0.2) is 24.3 Å². The van der Waals surface area contributed by atoms with Gasteiger partial charge in [0.2, 0.25) is 10.3 Å². The van der Waals surface area contributed by atoms with Crippen molar-refractivity contribution in [2.75, 3.05) is 25.1 Å². The molecule has 1 fully saturated rings. The molecule has 2 rings (SSSR count). The summed E-state index contributed by atoms with van der Waals surface area (Å²) in [4.78, 5) is 2.61. The van der Waals surface area contributed by atoms with Gasteiger partial charge in [-0.25, -0.2) is 0 Å². The summed E-state index contributed by atoms with van der Waals surface area (Å²) >= 11 is 0. The molecule has 1 heterocycles. The number of benzene rings is 1. The number of hydrogen-bond acceptors (Lipinski definition) is 4. The molecule has 0 amide bonds. The minimum absolute atomic E-state index is 0.489. The van der Waals surface area contributed by atoms with E-state index in [-0.39, 0.29) is 0 Å². The van der Waals surface area contributed by atoms with Gasteiger partial charge in [-0.15, -0.1) is 0 Å². The summed E-state index contributed by atoms with van der Waals surface area (Å²) in [5.74, 6) is 0.786. The Bertz CT molecular complexity index is 514. The van der Waals surface area contributed by atoms with Gasteiger partial charge in [-0.3, -0.25) is 0 Å². The molecule has 0 bridgehead atoms. The lowest BCUT2D eigenvalue weighted by atomic mass is 10.3. The Balaban J connectivity index is 2.23. The Kier molecular flexibility index (Phi) is 3.14. The Morgan fingerprint density at radius 3 is 2.81 bits per heavy atom. The molecular weight excluding hydrogens is 226 g/mol. The van der Waals surface area contributed by atoms with Gasteiger partial charge in [0.1, 0.15) is 5.75 Å². The van der Waals surface area contributed by atoms with Crippen LogP contribution < -0.4 is 9.64 Å². The largest absolute Gasteiger partial charge is 0.497 e. The molecule has 0 radical (unpaired) electrons. The van der Waals surface area contributed by atoms with Gasteiger partial charge in [0.15, 0.2) is 0 Å². The molecule has 0 spiro atoms. The maximum Gasteiger partial charge on any atom is 0.215 e. The summed E-state index contributed by atoms with van der Waals surface area (Å²) in [7, 11) is -0.430. The first-order valence-electron chi connectivity index (χ1n) is 5.03. The van der Waals surface area contributed by atoms with Crippen molar-refractivity contribution >= 4 is 20.8 Å². The quantitative estimate of drug-likeness (QED) is 0.721. The van der Waals surface area contributed by atoms with Gasteiger partial charge in [-0.1, -0.05) is 6.07 Å². The van der Waals surface area contributed by atoms with Crippen LogP contribution in [-0.2, 0) is 10.3 Å². The SMILES string of the molecule is COc1cccc(N2CCC(=S(=O)=O)C2)c1. The Hall–Kier alpha value is -1.49. The van der Waals surface area contributed by atoms with E-state index in [0.717, 1.165) is 18.0 Å². The van der Waals surface area contributed by atoms with Crippen molar-refractivity contribution in [3.8, 4) is 5.75 Å². The summed E-state index contributed by atoms with van der Waals surface area (Å²) in [5, 5.41) is 0. The van der Waals surface area contributed by atoms with Crippen molar-refractivity contribution < 1.29 is 13.2 Å². The van der Waals surface area contributed by atoms with E-state index >= 15 is 0 Å². The highest BCUT2D eigenvalue weighted by Crippen LogP contribution is 2.23. The van der Waals surface area contributed by atoms with E-state index in [1.54, 1.807) is 7.11 Å². The van der Waals surface area contributed by atoms with Crippen molar-refractivity contribution in [3.63, 3.8) is 0 Å². The molecule has 1 aromatic carbocycles. The lowest BCUT2D eigenvalue weighted by Crippen LogP contribution is -2.19. The Labute approximate surface area is 96.0 Å². The maximum atomic E-state index is 10.8. The fourth-order valence-electron chi connectivity index (χ4n) is 1.79. The van der Waals surface area contributed by atoms with E-state index in [1.807, 2.05) is 29.2 Å². The minimum Gasteiger partial charge on any atom is -0.497 e. The van der Waals surface area contributed by atoms with Crippen LogP contribution in [0.4, 0.5) is 5.69 Å². The monoisotopic (exact) mass is 239 g/mol. The van der Waals surface area contributed by atoms with E-state index < -0.39 is 10.3 Å². The fraction of sp³-hybridized carbons (Fsp3) is 0.364. The summed E-state index contributed by atoms with van der Waals surface area (Å²) in [6.45, 7) is 1.24. The van der Waals surface area contributed by atoms with Gasteiger partial charge in [-0.05, 0) is 12.1 Å². The molecule has 86 valence electrons. The van der Waals surface area contributed by atoms with E-state index in [0.29, 0.717) is 17.8 Å². The minimum atomic E-state index is -2.05. The van der Waals surface area contributed by atoms with Crippen molar-refractivity contribution in [2.45, 2.75) is 6.42 Å². The highest BCUT2D eigenvalue weighted by molar-refractivity contribution is 7.73. The van der Waals surface area contributed by atoms with E-state index in [2.05, 4.69) is 0 Å². The second-order valence-corrected chi connectivity index (χ2v) is 4.69. The molecule has 0 N–H and O–H groups in total.